The Hall–Kier alpha value is -2.63. The van der Waals surface area contributed by atoms with Gasteiger partial charge in [0.25, 0.3) is 0 Å². The second-order valence-corrected chi connectivity index (χ2v) is 5.03. The standard InChI is InChI=1S/C15H14N2O4/c1-16-6-7-17(15(20)14(16)19)9-11(18)13-8-10-4-2-3-5-12(10)21-13/h2-5,8H,6-7,9H2,1H3. The Labute approximate surface area is 120 Å². The van der Waals surface area contributed by atoms with Crippen molar-refractivity contribution in [1.29, 1.82) is 0 Å². The number of benzene rings is 1. The van der Waals surface area contributed by atoms with Crippen molar-refractivity contribution >= 4 is 28.6 Å². The average Bonchev–Trinajstić information content (AvgIpc) is 2.92. The van der Waals surface area contributed by atoms with E-state index in [0.717, 1.165) is 5.39 Å². The molecule has 21 heavy (non-hydrogen) atoms. The van der Waals surface area contributed by atoms with Crippen LogP contribution in [0.4, 0.5) is 0 Å². The first-order valence-electron chi connectivity index (χ1n) is 6.62. The number of likely N-dealkylation sites (N-methyl/N-ethyl adjacent to an activating group) is 1. The second-order valence-electron chi connectivity index (χ2n) is 5.03. The maximum atomic E-state index is 12.2. The molecule has 2 aromatic rings. The highest BCUT2D eigenvalue weighted by Gasteiger charge is 2.32. The third kappa shape index (κ3) is 2.40. The van der Waals surface area contributed by atoms with Crippen LogP contribution < -0.4 is 0 Å². The highest BCUT2D eigenvalue weighted by Crippen LogP contribution is 2.19. The molecule has 0 spiro atoms. The number of para-hydroxylation sites is 1. The van der Waals surface area contributed by atoms with Gasteiger partial charge in [0.15, 0.2) is 5.76 Å². The smallest absolute Gasteiger partial charge is 0.312 e. The molecule has 6 heteroatoms. The second kappa shape index (κ2) is 5.05. The molecule has 0 radical (unpaired) electrons. The largest absolute Gasteiger partial charge is 0.453 e. The molecule has 1 aliphatic rings. The SMILES string of the molecule is CN1CCN(CC(=O)c2cc3ccccc3o2)C(=O)C1=O. The number of carbonyl (C=O) groups excluding carboxylic acids is 3. The van der Waals surface area contributed by atoms with Crippen molar-refractivity contribution in [3.63, 3.8) is 0 Å². The van der Waals surface area contributed by atoms with Crippen LogP contribution >= 0.6 is 0 Å². The molecular weight excluding hydrogens is 272 g/mol. The lowest BCUT2D eigenvalue weighted by molar-refractivity contribution is -0.154. The van der Waals surface area contributed by atoms with E-state index in [1.807, 2.05) is 18.2 Å². The van der Waals surface area contributed by atoms with Gasteiger partial charge in [-0.3, -0.25) is 14.4 Å². The zero-order valence-corrected chi connectivity index (χ0v) is 11.5. The minimum Gasteiger partial charge on any atom is -0.453 e. The van der Waals surface area contributed by atoms with Gasteiger partial charge in [-0.2, -0.15) is 0 Å². The summed E-state index contributed by atoms with van der Waals surface area (Å²) in [6.07, 6.45) is 0. The molecule has 0 saturated carbocycles. The Balaban J connectivity index is 1.77. The number of hydrogen-bond acceptors (Lipinski definition) is 4. The molecule has 1 aromatic heterocycles. The molecule has 0 aliphatic carbocycles. The summed E-state index contributed by atoms with van der Waals surface area (Å²) < 4.78 is 5.47. The van der Waals surface area contributed by atoms with Crippen molar-refractivity contribution in [2.75, 3.05) is 26.7 Å². The zero-order chi connectivity index (χ0) is 15.0. The summed E-state index contributed by atoms with van der Waals surface area (Å²) in [6, 6.07) is 8.95. The summed E-state index contributed by atoms with van der Waals surface area (Å²) in [5, 5.41) is 0.835. The molecule has 3 rings (SSSR count). The number of carbonyl (C=O) groups is 3. The molecule has 1 fully saturated rings. The molecule has 1 aromatic carbocycles. The third-order valence-corrected chi connectivity index (χ3v) is 3.56. The molecule has 1 saturated heterocycles. The molecule has 1 aliphatic heterocycles. The van der Waals surface area contributed by atoms with Crippen molar-refractivity contribution in [3.8, 4) is 0 Å². The highest BCUT2D eigenvalue weighted by molar-refractivity contribution is 6.35. The number of amides is 2. The monoisotopic (exact) mass is 286 g/mol. The summed E-state index contributed by atoms with van der Waals surface area (Å²) >= 11 is 0. The maximum absolute atomic E-state index is 12.2. The van der Waals surface area contributed by atoms with Crippen molar-refractivity contribution in [2.45, 2.75) is 0 Å². The number of ketones is 1. The van der Waals surface area contributed by atoms with Crippen LogP contribution in [0.5, 0.6) is 0 Å². The van der Waals surface area contributed by atoms with Crippen molar-refractivity contribution < 1.29 is 18.8 Å². The number of fused-ring (bicyclic) bond motifs is 1. The normalized spacial score (nSPS) is 15.9. The average molecular weight is 286 g/mol. The van der Waals surface area contributed by atoms with Crippen LogP contribution in [0.15, 0.2) is 34.7 Å². The maximum Gasteiger partial charge on any atom is 0.312 e. The Morgan fingerprint density at radius 1 is 1.19 bits per heavy atom. The Kier molecular flexibility index (Phi) is 3.21. The molecule has 0 unspecified atom stereocenters. The van der Waals surface area contributed by atoms with Crippen molar-refractivity contribution in [1.82, 2.24) is 9.80 Å². The lowest BCUT2D eigenvalue weighted by Gasteiger charge is -2.30. The van der Waals surface area contributed by atoms with Gasteiger partial charge in [0, 0.05) is 25.5 Å². The predicted molar refractivity (Wildman–Crippen MR) is 74.8 cm³/mol. The van der Waals surface area contributed by atoms with Gasteiger partial charge < -0.3 is 14.2 Å². The number of rotatable bonds is 3. The Morgan fingerprint density at radius 2 is 1.95 bits per heavy atom. The Morgan fingerprint density at radius 3 is 2.71 bits per heavy atom. The van der Waals surface area contributed by atoms with E-state index < -0.39 is 11.8 Å². The van der Waals surface area contributed by atoms with Crippen LogP contribution in [0.1, 0.15) is 10.6 Å². The van der Waals surface area contributed by atoms with Crippen molar-refractivity contribution in [2.24, 2.45) is 0 Å². The molecule has 108 valence electrons. The van der Waals surface area contributed by atoms with Crippen LogP contribution in [0.2, 0.25) is 0 Å². The number of hydrogen-bond donors (Lipinski definition) is 0. The summed E-state index contributed by atoms with van der Waals surface area (Å²) in [4.78, 5) is 38.2. The molecule has 6 nitrogen and oxygen atoms in total. The van der Waals surface area contributed by atoms with E-state index in [2.05, 4.69) is 0 Å². The van der Waals surface area contributed by atoms with Crippen molar-refractivity contribution in [3.05, 3.63) is 36.1 Å². The molecule has 0 bridgehead atoms. The van der Waals surface area contributed by atoms with Crippen LogP contribution in [0.25, 0.3) is 11.0 Å². The third-order valence-electron chi connectivity index (χ3n) is 3.56. The fraction of sp³-hybridized carbons (Fsp3) is 0.267. The van der Waals surface area contributed by atoms with Crippen LogP contribution in [0, 0.1) is 0 Å². The van der Waals surface area contributed by atoms with E-state index in [9.17, 15) is 14.4 Å². The number of furan rings is 1. The van der Waals surface area contributed by atoms with E-state index in [-0.39, 0.29) is 18.1 Å². The van der Waals surface area contributed by atoms with Gasteiger partial charge in [-0.1, -0.05) is 18.2 Å². The van der Waals surface area contributed by atoms with E-state index in [4.69, 9.17) is 4.42 Å². The number of Topliss-reactive ketones (excluding diaryl/α,β-unsaturated/α-hetero) is 1. The minimum atomic E-state index is -0.645. The number of piperazine rings is 1. The fourth-order valence-corrected chi connectivity index (χ4v) is 2.29. The predicted octanol–water partition coefficient (Wildman–Crippen LogP) is 0.916. The van der Waals surface area contributed by atoms with E-state index >= 15 is 0 Å². The quantitative estimate of drug-likeness (QED) is 0.621. The van der Waals surface area contributed by atoms with Crippen LogP contribution in [-0.4, -0.2) is 54.1 Å². The van der Waals surface area contributed by atoms with Gasteiger partial charge in [-0.25, -0.2) is 0 Å². The van der Waals surface area contributed by atoms with E-state index in [0.29, 0.717) is 18.7 Å². The topological polar surface area (TPSA) is 70.8 Å². The molecule has 0 atom stereocenters. The lowest BCUT2D eigenvalue weighted by atomic mass is 10.2. The Bertz CT molecular complexity index is 701. The van der Waals surface area contributed by atoms with Gasteiger partial charge in [0.1, 0.15) is 5.58 Å². The highest BCUT2D eigenvalue weighted by atomic mass is 16.3. The first-order valence-corrected chi connectivity index (χ1v) is 6.62. The molecular formula is C15H14N2O4. The first kappa shape index (κ1) is 13.4. The number of nitrogens with zero attached hydrogens (tertiary/aromatic N) is 2. The molecule has 2 heterocycles. The summed E-state index contributed by atoms with van der Waals surface area (Å²) in [5.74, 6) is -1.33. The first-order chi connectivity index (χ1) is 10.1. The van der Waals surface area contributed by atoms with Crippen LogP contribution in [0.3, 0.4) is 0 Å². The summed E-state index contributed by atoms with van der Waals surface area (Å²) in [5.41, 5.74) is 0.627. The van der Waals surface area contributed by atoms with Gasteiger partial charge >= 0.3 is 11.8 Å². The fourth-order valence-electron chi connectivity index (χ4n) is 2.29. The van der Waals surface area contributed by atoms with E-state index in [1.165, 1.54) is 9.80 Å². The van der Waals surface area contributed by atoms with Crippen LogP contribution in [-0.2, 0) is 9.59 Å². The molecule has 0 N–H and O–H groups in total. The zero-order valence-electron chi connectivity index (χ0n) is 11.5. The van der Waals surface area contributed by atoms with Gasteiger partial charge in [0.05, 0.1) is 6.54 Å². The van der Waals surface area contributed by atoms with Gasteiger partial charge in [-0.15, -0.1) is 0 Å². The summed E-state index contributed by atoms with van der Waals surface area (Å²) in [7, 11) is 1.57. The molecule has 2 amide bonds. The summed E-state index contributed by atoms with van der Waals surface area (Å²) in [6.45, 7) is 0.642. The van der Waals surface area contributed by atoms with Gasteiger partial charge in [0.2, 0.25) is 5.78 Å². The minimum absolute atomic E-state index is 0.141. The van der Waals surface area contributed by atoms with Gasteiger partial charge in [-0.05, 0) is 12.1 Å². The lowest BCUT2D eigenvalue weighted by Crippen LogP contribution is -2.53. The van der Waals surface area contributed by atoms with E-state index in [1.54, 1.807) is 19.2 Å².